The highest BCUT2D eigenvalue weighted by atomic mass is 16.5. The molecule has 1 amide bonds. The largest absolute Gasteiger partial charge is 0.507 e. The number of ketones is 1. The van der Waals surface area contributed by atoms with E-state index in [0.29, 0.717) is 31.0 Å². The fraction of sp³-hybridized carbons (Fsp3) is 0.371. The van der Waals surface area contributed by atoms with Crippen LogP contribution in [0.1, 0.15) is 68.5 Å². The maximum Gasteiger partial charge on any atom is 0.295 e. The van der Waals surface area contributed by atoms with E-state index in [1.165, 1.54) is 0 Å². The second kappa shape index (κ2) is 12.7. The van der Waals surface area contributed by atoms with Gasteiger partial charge in [0.25, 0.3) is 11.7 Å². The summed E-state index contributed by atoms with van der Waals surface area (Å²) in [6, 6.07) is 22.6. The number of aliphatic hydroxyl groups excluding tert-OH is 1. The maximum absolute atomic E-state index is 13.5. The van der Waals surface area contributed by atoms with Crippen LogP contribution in [-0.2, 0) is 21.6 Å². The van der Waals surface area contributed by atoms with Crippen LogP contribution < -0.4 is 4.74 Å². The number of Topliss-reactive ketones (excluding diaryl/α,β-unsaturated/α-hetero) is 1. The number of likely N-dealkylation sites (tertiary alicyclic amines) is 1. The molecule has 4 rings (SSSR count). The minimum Gasteiger partial charge on any atom is -0.507 e. The number of benzene rings is 3. The average molecular weight is 555 g/mol. The number of amides is 1. The third kappa shape index (κ3) is 6.71. The first-order chi connectivity index (χ1) is 19.5. The number of likely N-dealkylation sites (N-methyl/N-ethyl adjacent to an activating group) is 1. The third-order valence-corrected chi connectivity index (χ3v) is 7.87. The molecule has 1 N–H and O–H groups in total. The van der Waals surface area contributed by atoms with Gasteiger partial charge in [0.05, 0.1) is 11.6 Å². The highest BCUT2D eigenvalue weighted by Gasteiger charge is 2.46. The fourth-order valence-electron chi connectivity index (χ4n) is 5.26. The van der Waals surface area contributed by atoms with Crippen LogP contribution >= 0.6 is 0 Å². The van der Waals surface area contributed by atoms with Gasteiger partial charge < -0.3 is 19.6 Å². The Morgan fingerprint density at radius 2 is 1.61 bits per heavy atom. The molecular weight excluding hydrogens is 512 g/mol. The average Bonchev–Trinajstić information content (AvgIpc) is 3.22. The Kier molecular flexibility index (Phi) is 9.34. The first-order valence-corrected chi connectivity index (χ1v) is 14.4. The van der Waals surface area contributed by atoms with Gasteiger partial charge in [-0.15, -0.1) is 0 Å². The number of carbonyl (C=O) groups excluding carboxylic acids is 2. The Morgan fingerprint density at radius 1 is 0.951 bits per heavy atom. The van der Waals surface area contributed by atoms with Crippen LogP contribution in [0.2, 0.25) is 0 Å². The highest BCUT2D eigenvalue weighted by molar-refractivity contribution is 6.46. The molecular formula is C35H42N2O4. The molecule has 1 unspecified atom stereocenters. The van der Waals surface area contributed by atoms with Gasteiger partial charge in [0, 0.05) is 18.7 Å². The Balaban J connectivity index is 1.71. The van der Waals surface area contributed by atoms with E-state index in [2.05, 4.69) is 39.5 Å². The summed E-state index contributed by atoms with van der Waals surface area (Å²) in [5.41, 5.74) is 4.40. The van der Waals surface area contributed by atoms with Crippen LogP contribution in [0.25, 0.3) is 5.76 Å². The summed E-state index contributed by atoms with van der Waals surface area (Å²) in [5, 5.41) is 11.6. The van der Waals surface area contributed by atoms with Crippen molar-refractivity contribution in [2.45, 2.75) is 59.6 Å². The van der Waals surface area contributed by atoms with Gasteiger partial charge in [-0.1, -0.05) is 89.2 Å². The number of nitrogens with zero attached hydrogens (tertiary/aromatic N) is 2. The van der Waals surface area contributed by atoms with Crippen LogP contribution in [0.5, 0.6) is 5.75 Å². The van der Waals surface area contributed by atoms with Crippen molar-refractivity contribution in [2.75, 3.05) is 26.2 Å². The smallest absolute Gasteiger partial charge is 0.295 e. The molecule has 41 heavy (non-hydrogen) atoms. The predicted molar refractivity (Wildman–Crippen MR) is 164 cm³/mol. The summed E-state index contributed by atoms with van der Waals surface area (Å²) >= 11 is 0. The van der Waals surface area contributed by atoms with Crippen molar-refractivity contribution < 1.29 is 19.4 Å². The summed E-state index contributed by atoms with van der Waals surface area (Å²) in [6.45, 7) is 15.7. The van der Waals surface area contributed by atoms with Gasteiger partial charge in [0.1, 0.15) is 18.1 Å². The van der Waals surface area contributed by atoms with Crippen molar-refractivity contribution in [1.29, 1.82) is 0 Å². The molecule has 0 aromatic heterocycles. The molecule has 1 atom stereocenters. The monoisotopic (exact) mass is 554 g/mol. The van der Waals surface area contributed by atoms with Crippen LogP contribution in [0.4, 0.5) is 0 Å². The number of hydrogen-bond acceptors (Lipinski definition) is 5. The van der Waals surface area contributed by atoms with Crippen LogP contribution in [0, 0.1) is 6.92 Å². The van der Waals surface area contributed by atoms with Crippen molar-refractivity contribution in [3.05, 3.63) is 106 Å². The molecule has 6 heteroatoms. The quantitative estimate of drug-likeness (QED) is 0.173. The lowest BCUT2D eigenvalue weighted by Gasteiger charge is -2.28. The van der Waals surface area contributed by atoms with E-state index in [-0.39, 0.29) is 16.7 Å². The number of hydrogen-bond donors (Lipinski definition) is 1. The van der Waals surface area contributed by atoms with Gasteiger partial charge in [-0.05, 0) is 65.9 Å². The molecule has 1 saturated heterocycles. The highest BCUT2D eigenvalue weighted by Crippen LogP contribution is 2.40. The minimum atomic E-state index is -0.672. The number of rotatable bonds is 10. The van der Waals surface area contributed by atoms with Gasteiger partial charge in [0.15, 0.2) is 0 Å². The lowest BCUT2D eigenvalue weighted by molar-refractivity contribution is -0.140. The van der Waals surface area contributed by atoms with Crippen LogP contribution in [-0.4, -0.2) is 52.8 Å². The van der Waals surface area contributed by atoms with E-state index < -0.39 is 17.7 Å². The van der Waals surface area contributed by atoms with E-state index in [1.807, 2.05) is 61.5 Å². The van der Waals surface area contributed by atoms with E-state index in [1.54, 1.807) is 23.1 Å². The zero-order valence-electron chi connectivity index (χ0n) is 25.1. The van der Waals surface area contributed by atoms with Crippen LogP contribution in [0.15, 0.2) is 78.4 Å². The van der Waals surface area contributed by atoms with Gasteiger partial charge >= 0.3 is 0 Å². The number of carbonyl (C=O) groups is 2. The molecule has 1 aliphatic rings. The van der Waals surface area contributed by atoms with E-state index in [0.717, 1.165) is 35.3 Å². The standard InChI is InChI=1S/C35H42N2O4/c1-7-36(8-2)20-21-37-31(26-14-17-28(18-15-26)35(4,5)6)30(33(39)34(37)40)32(38)27-16-19-29(24(3)22-27)41-23-25-12-10-9-11-13-25/h9-19,22,31,38H,7-8,20-21,23H2,1-6H3/b32-30-. The summed E-state index contributed by atoms with van der Waals surface area (Å²) < 4.78 is 6.01. The summed E-state index contributed by atoms with van der Waals surface area (Å²) in [4.78, 5) is 30.7. The molecule has 1 aliphatic heterocycles. The van der Waals surface area contributed by atoms with Crippen molar-refractivity contribution in [2.24, 2.45) is 0 Å². The van der Waals surface area contributed by atoms with E-state index >= 15 is 0 Å². The Labute approximate surface area is 244 Å². The van der Waals surface area contributed by atoms with Crippen molar-refractivity contribution >= 4 is 17.4 Å². The molecule has 6 nitrogen and oxygen atoms in total. The van der Waals surface area contributed by atoms with Gasteiger partial charge in [-0.2, -0.15) is 0 Å². The van der Waals surface area contributed by atoms with Gasteiger partial charge in [-0.25, -0.2) is 0 Å². The second-order valence-corrected chi connectivity index (χ2v) is 11.6. The van der Waals surface area contributed by atoms with E-state index in [4.69, 9.17) is 4.74 Å². The molecule has 0 spiro atoms. The Morgan fingerprint density at radius 3 is 2.20 bits per heavy atom. The third-order valence-electron chi connectivity index (χ3n) is 7.87. The second-order valence-electron chi connectivity index (χ2n) is 11.6. The SMILES string of the molecule is CCN(CC)CCN1C(=O)C(=O)/C(=C(\O)c2ccc(OCc3ccccc3)c(C)c2)C1c1ccc(C(C)(C)C)cc1. The first-order valence-electron chi connectivity index (χ1n) is 14.4. The van der Waals surface area contributed by atoms with Gasteiger partial charge in [0.2, 0.25) is 0 Å². The maximum atomic E-state index is 13.5. The lowest BCUT2D eigenvalue weighted by atomic mass is 9.85. The summed E-state index contributed by atoms with van der Waals surface area (Å²) in [6.07, 6.45) is 0. The van der Waals surface area contributed by atoms with Crippen molar-refractivity contribution in [3.63, 3.8) is 0 Å². The summed E-state index contributed by atoms with van der Waals surface area (Å²) in [7, 11) is 0. The molecule has 216 valence electrons. The van der Waals surface area contributed by atoms with Crippen molar-refractivity contribution in [3.8, 4) is 5.75 Å². The molecule has 1 fully saturated rings. The molecule has 3 aromatic carbocycles. The lowest BCUT2D eigenvalue weighted by Crippen LogP contribution is -2.38. The topological polar surface area (TPSA) is 70.1 Å². The summed E-state index contributed by atoms with van der Waals surface area (Å²) in [5.74, 6) is -0.715. The predicted octanol–water partition coefficient (Wildman–Crippen LogP) is 6.64. The molecule has 1 heterocycles. The molecule has 3 aromatic rings. The number of ether oxygens (including phenoxy) is 1. The van der Waals surface area contributed by atoms with Crippen molar-refractivity contribution in [1.82, 2.24) is 9.80 Å². The normalized spacial score (nSPS) is 17.0. The minimum absolute atomic E-state index is 0.0368. The zero-order chi connectivity index (χ0) is 29.7. The molecule has 0 bridgehead atoms. The van der Waals surface area contributed by atoms with E-state index in [9.17, 15) is 14.7 Å². The molecule has 0 aliphatic carbocycles. The number of aliphatic hydroxyl groups is 1. The molecule has 0 saturated carbocycles. The Bertz CT molecular complexity index is 1400. The first kappa shape index (κ1) is 30.1. The fourth-order valence-corrected chi connectivity index (χ4v) is 5.26. The van der Waals surface area contributed by atoms with Gasteiger partial charge in [-0.3, -0.25) is 9.59 Å². The molecule has 0 radical (unpaired) electrons. The van der Waals surface area contributed by atoms with Crippen LogP contribution in [0.3, 0.4) is 0 Å². The Hall–Kier alpha value is -3.90. The zero-order valence-corrected chi connectivity index (χ0v) is 25.1. The number of aryl methyl sites for hydroxylation is 1.